The zero-order valence-electron chi connectivity index (χ0n) is 10.7. The molecule has 0 bridgehead atoms. The molecular formula is C14H20BrN2O+. The summed E-state index contributed by atoms with van der Waals surface area (Å²) in [5, 5.41) is 2.99. The van der Waals surface area contributed by atoms with E-state index < -0.39 is 0 Å². The van der Waals surface area contributed by atoms with Gasteiger partial charge in [-0.15, -0.1) is 0 Å². The van der Waals surface area contributed by atoms with Gasteiger partial charge in [-0.1, -0.05) is 15.9 Å². The predicted molar refractivity (Wildman–Crippen MR) is 76.8 cm³/mol. The molecule has 0 unspecified atom stereocenters. The first kappa shape index (κ1) is 13.6. The van der Waals surface area contributed by atoms with Crippen molar-refractivity contribution in [2.24, 2.45) is 0 Å². The number of hydrogen-bond acceptors (Lipinski definition) is 1. The number of carbonyl (C=O) groups excluding carboxylic acids is 1. The van der Waals surface area contributed by atoms with Gasteiger partial charge in [0.05, 0.1) is 13.1 Å². The van der Waals surface area contributed by atoms with E-state index in [1.54, 1.807) is 0 Å². The van der Waals surface area contributed by atoms with Crippen LogP contribution in [0.4, 0.5) is 5.69 Å². The van der Waals surface area contributed by atoms with Crippen LogP contribution in [-0.2, 0) is 4.79 Å². The average Bonchev–Trinajstić information content (AvgIpc) is 2.41. The van der Waals surface area contributed by atoms with E-state index in [9.17, 15) is 4.79 Å². The minimum Gasteiger partial charge on any atom is -0.325 e. The molecule has 98 valence electrons. The quantitative estimate of drug-likeness (QED) is 0.877. The summed E-state index contributed by atoms with van der Waals surface area (Å²) in [6.07, 6.45) is 3.79. The maximum atomic E-state index is 12.2. The van der Waals surface area contributed by atoms with Crippen LogP contribution in [0.2, 0.25) is 0 Å². The molecule has 1 aliphatic rings. The first-order valence-corrected chi connectivity index (χ1v) is 7.37. The van der Waals surface area contributed by atoms with E-state index in [1.807, 2.05) is 31.2 Å². The summed E-state index contributed by atoms with van der Waals surface area (Å²) in [5.74, 6) is 0.120. The van der Waals surface area contributed by atoms with Crippen molar-refractivity contribution in [3.05, 3.63) is 28.7 Å². The number of quaternary nitrogens is 1. The normalized spacial score (nSPS) is 18.3. The molecule has 1 heterocycles. The highest BCUT2D eigenvalue weighted by Crippen LogP contribution is 2.14. The monoisotopic (exact) mass is 311 g/mol. The Hall–Kier alpha value is -0.870. The van der Waals surface area contributed by atoms with Gasteiger partial charge in [0.15, 0.2) is 6.04 Å². The number of anilines is 1. The van der Waals surface area contributed by atoms with Gasteiger partial charge in [0.2, 0.25) is 0 Å². The Labute approximate surface area is 117 Å². The maximum Gasteiger partial charge on any atom is 0.282 e. The van der Waals surface area contributed by atoms with Gasteiger partial charge >= 0.3 is 0 Å². The molecule has 0 aliphatic carbocycles. The van der Waals surface area contributed by atoms with Gasteiger partial charge in [-0.3, -0.25) is 4.79 Å². The van der Waals surface area contributed by atoms with Crippen molar-refractivity contribution in [1.82, 2.24) is 0 Å². The number of likely N-dealkylation sites (tertiary alicyclic amines) is 1. The molecule has 1 saturated heterocycles. The van der Waals surface area contributed by atoms with Crippen molar-refractivity contribution >= 4 is 27.5 Å². The van der Waals surface area contributed by atoms with Crippen LogP contribution < -0.4 is 10.2 Å². The molecule has 1 aromatic rings. The smallest absolute Gasteiger partial charge is 0.282 e. The molecule has 0 radical (unpaired) electrons. The topological polar surface area (TPSA) is 33.5 Å². The fourth-order valence-corrected chi connectivity index (χ4v) is 2.67. The van der Waals surface area contributed by atoms with Gasteiger partial charge in [-0.2, -0.15) is 0 Å². The van der Waals surface area contributed by atoms with E-state index in [0.29, 0.717) is 0 Å². The van der Waals surface area contributed by atoms with Gasteiger partial charge in [-0.05, 0) is 50.5 Å². The van der Waals surface area contributed by atoms with Gasteiger partial charge < -0.3 is 10.2 Å². The highest BCUT2D eigenvalue weighted by atomic mass is 79.9. The van der Waals surface area contributed by atoms with E-state index in [1.165, 1.54) is 24.2 Å². The standard InChI is InChI=1S/C14H19BrN2O/c1-11(17-9-3-2-4-10-17)14(18)16-13-7-5-12(15)6-8-13/h5-8,11H,2-4,9-10H2,1H3,(H,16,18)/p+1/t11-/m0/s1. The number of hydrogen-bond donors (Lipinski definition) is 2. The van der Waals surface area contributed by atoms with E-state index in [0.717, 1.165) is 23.2 Å². The molecule has 4 heteroatoms. The van der Waals surface area contributed by atoms with Crippen molar-refractivity contribution in [3.63, 3.8) is 0 Å². The van der Waals surface area contributed by atoms with Gasteiger partial charge in [0.1, 0.15) is 0 Å². The van der Waals surface area contributed by atoms with Crippen molar-refractivity contribution in [3.8, 4) is 0 Å². The molecule has 1 aromatic carbocycles. The maximum absolute atomic E-state index is 12.2. The van der Waals surface area contributed by atoms with Crippen LogP contribution in [0.3, 0.4) is 0 Å². The molecule has 0 saturated carbocycles. The van der Waals surface area contributed by atoms with Gasteiger partial charge in [-0.25, -0.2) is 0 Å². The Kier molecular flexibility index (Phi) is 4.78. The van der Waals surface area contributed by atoms with Crippen LogP contribution in [0.15, 0.2) is 28.7 Å². The van der Waals surface area contributed by atoms with Crippen LogP contribution in [-0.4, -0.2) is 25.0 Å². The van der Waals surface area contributed by atoms with Crippen molar-refractivity contribution in [1.29, 1.82) is 0 Å². The average molecular weight is 312 g/mol. The second kappa shape index (κ2) is 6.34. The number of carbonyl (C=O) groups is 1. The van der Waals surface area contributed by atoms with Crippen LogP contribution in [0, 0.1) is 0 Å². The van der Waals surface area contributed by atoms with Crippen LogP contribution in [0.25, 0.3) is 0 Å². The SMILES string of the molecule is C[C@@H](C(=O)Nc1ccc(Br)cc1)[NH+]1CCCCC1. The minimum atomic E-state index is 0.0361. The van der Waals surface area contributed by atoms with E-state index in [2.05, 4.69) is 21.2 Å². The zero-order chi connectivity index (χ0) is 13.0. The van der Waals surface area contributed by atoms with Crippen molar-refractivity contribution in [2.45, 2.75) is 32.2 Å². The predicted octanol–water partition coefficient (Wildman–Crippen LogP) is 1.84. The lowest BCUT2D eigenvalue weighted by atomic mass is 10.1. The summed E-state index contributed by atoms with van der Waals surface area (Å²) < 4.78 is 1.02. The molecular weight excluding hydrogens is 292 g/mol. The third-order valence-corrected chi connectivity index (χ3v) is 4.14. The fourth-order valence-electron chi connectivity index (χ4n) is 2.41. The Morgan fingerprint density at radius 3 is 2.44 bits per heavy atom. The van der Waals surface area contributed by atoms with E-state index in [-0.39, 0.29) is 11.9 Å². The van der Waals surface area contributed by atoms with Crippen LogP contribution >= 0.6 is 15.9 Å². The highest BCUT2D eigenvalue weighted by molar-refractivity contribution is 9.10. The summed E-state index contributed by atoms with van der Waals surface area (Å²) in [6, 6.07) is 7.75. The summed E-state index contributed by atoms with van der Waals surface area (Å²) in [6.45, 7) is 4.26. The number of nitrogens with one attached hydrogen (secondary N) is 2. The van der Waals surface area contributed by atoms with E-state index >= 15 is 0 Å². The molecule has 1 amide bonds. The number of benzene rings is 1. The summed E-state index contributed by atoms with van der Waals surface area (Å²) in [5.41, 5.74) is 0.867. The molecule has 2 rings (SSSR count). The molecule has 1 atom stereocenters. The lowest BCUT2D eigenvalue weighted by molar-refractivity contribution is -0.918. The molecule has 3 nitrogen and oxygen atoms in total. The largest absolute Gasteiger partial charge is 0.325 e. The number of piperidine rings is 1. The summed E-state index contributed by atoms with van der Waals surface area (Å²) in [4.78, 5) is 13.6. The lowest BCUT2D eigenvalue weighted by Crippen LogP contribution is -3.17. The zero-order valence-corrected chi connectivity index (χ0v) is 12.3. The Morgan fingerprint density at radius 1 is 1.22 bits per heavy atom. The van der Waals surface area contributed by atoms with Gasteiger partial charge in [0.25, 0.3) is 5.91 Å². The van der Waals surface area contributed by atoms with Crippen molar-refractivity contribution < 1.29 is 9.69 Å². The van der Waals surface area contributed by atoms with Gasteiger partial charge in [0, 0.05) is 10.2 Å². The molecule has 0 aromatic heterocycles. The third kappa shape index (κ3) is 3.56. The number of rotatable bonds is 3. The fraction of sp³-hybridized carbons (Fsp3) is 0.500. The minimum absolute atomic E-state index is 0.0361. The number of amides is 1. The Bertz CT molecular complexity index is 399. The molecule has 2 N–H and O–H groups in total. The molecule has 1 aliphatic heterocycles. The Balaban J connectivity index is 1.92. The third-order valence-electron chi connectivity index (χ3n) is 3.61. The summed E-state index contributed by atoms with van der Waals surface area (Å²) in [7, 11) is 0. The number of halogens is 1. The first-order valence-electron chi connectivity index (χ1n) is 6.58. The van der Waals surface area contributed by atoms with Crippen LogP contribution in [0.5, 0.6) is 0 Å². The van der Waals surface area contributed by atoms with Crippen molar-refractivity contribution in [2.75, 3.05) is 18.4 Å². The Morgan fingerprint density at radius 2 is 1.83 bits per heavy atom. The van der Waals surface area contributed by atoms with E-state index in [4.69, 9.17) is 0 Å². The highest BCUT2D eigenvalue weighted by Gasteiger charge is 2.26. The van der Waals surface area contributed by atoms with Crippen LogP contribution in [0.1, 0.15) is 26.2 Å². The summed E-state index contributed by atoms with van der Waals surface area (Å²) >= 11 is 3.39. The first-order chi connectivity index (χ1) is 8.66. The second-order valence-corrected chi connectivity index (χ2v) is 5.85. The molecule has 1 fully saturated rings. The second-order valence-electron chi connectivity index (χ2n) is 4.94. The molecule has 0 spiro atoms. The lowest BCUT2D eigenvalue weighted by Gasteiger charge is -2.28. The molecule has 18 heavy (non-hydrogen) atoms.